The second kappa shape index (κ2) is 7.47. The quantitative estimate of drug-likeness (QED) is 0.753. The molecule has 0 unspecified atom stereocenters. The molecular weight excluding hydrogens is 358 g/mol. The summed E-state index contributed by atoms with van der Waals surface area (Å²) in [5, 5.41) is 0. The first-order valence-electron chi connectivity index (χ1n) is 9.69. The molecule has 0 N–H and O–H groups in total. The van der Waals surface area contributed by atoms with Crippen molar-refractivity contribution in [2.24, 2.45) is 5.92 Å². The molecule has 1 aliphatic heterocycles. The smallest absolute Gasteiger partial charge is 0.349 e. The molecule has 1 aromatic heterocycles. The predicted molar refractivity (Wildman–Crippen MR) is 106 cm³/mol. The molecule has 2 aliphatic rings. The summed E-state index contributed by atoms with van der Waals surface area (Å²) in [4.78, 5) is 29.0. The summed E-state index contributed by atoms with van der Waals surface area (Å²) in [6.45, 7) is 5.18. The van der Waals surface area contributed by atoms with Gasteiger partial charge in [-0.1, -0.05) is 31.2 Å². The molecule has 2 atom stereocenters. The first kappa shape index (κ1) is 18.2. The minimum absolute atomic E-state index is 0.118. The molecule has 0 bridgehead atoms. The summed E-state index contributed by atoms with van der Waals surface area (Å²) in [7, 11) is 0. The van der Waals surface area contributed by atoms with Gasteiger partial charge in [-0.25, -0.2) is 4.79 Å². The Kier molecular flexibility index (Phi) is 5.04. The lowest BCUT2D eigenvalue weighted by atomic mass is 9.90. The van der Waals surface area contributed by atoms with Gasteiger partial charge in [0.2, 0.25) is 0 Å². The van der Waals surface area contributed by atoms with E-state index in [1.165, 1.54) is 39.3 Å². The maximum Gasteiger partial charge on any atom is 0.349 e. The molecular formula is C22H25NO3S. The second-order valence-corrected chi connectivity index (χ2v) is 8.87. The first-order chi connectivity index (χ1) is 13.0. The SMILES string of the molecule is C[C@H]1CCc2sc(C(=O)O[C@H](C)C(=O)N3CCc4ccccc4C3)cc2C1. The van der Waals surface area contributed by atoms with E-state index >= 15 is 0 Å². The average molecular weight is 384 g/mol. The number of thiophene rings is 1. The van der Waals surface area contributed by atoms with Crippen LogP contribution < -0.4 is 0 Å². The molecule has 5 heteroatoms. The lowest BCUT2D eigenvalue weighted by Crippen LogP contribution is -2.42. The number of benzene rings is 1. The fraction of sp³-hybridized carbons (Fsp3) is 0.455. The third kappa shape index (κ3) is 3.79. The van der Waals surface area contributed by atoms with Gasteiger partial charge in [-0.05, 0) is 61.3 Å². The van der Waals surface area contributed by atoms with E-state index in [9.17, 15) is 9.59 Å². The van der Waals surface area contributed by atoms with E-state index in [2.05, 4.69) is 19.1 Å². The van der Waals surface area contributed by atoms with E-state index in [1.807, 2.05) is 18.2 Å². The van der Waals surface area contributed by atoms with Crippen molar-refractivity contribution in [1.82, 2.24) is 4.90 Å². The number of hydrogen-bond donors (Lipinski definition) is 0. The monoisotopic (exact) mass is 383 g/mol. The first-order valence-corrected chi connectivity index (χ1v) is 10.5. The summed E-state index contributed by atoms with van der Waals surface area (Å²) in [5.41, 5.74) is 3.75. The second-order valence-electron chi connectivity index (χ2n) is 7.73. The van der Waals surface area contributed by atoms with Crippen molar-refractivity contribution in [2.75, 3.05) is 6.54 Å². The Morgan fingerprint density at radius 3 is 2.78 bits per heavy atom. The van der Waals surface area contributed by atoms with Gasteiger partial charge in [0.25, 0.3) is 5.91 Å². The van der Waals surface area contributed by atoms with Gasteiger partial charge in [0.05, 0.1) is 0 Å². The van der Waals surface area contributed by atoms with Crippen molar-refractivity contribution in [3.63, 3.8) is 0 Å². The molecule has 4 nitrogen and oxygen atoms in total. The Bertz CT molecular complexity index is 872. The van der Waals surface area contributed by atoms with Crippen LogP contribution in [0.4, 0.5) is 0 Å². The van der Waals surface area contributed by atoms with E-state index in [1.54, 1.807) is 11.8 Å². The highest BCUT2D eigenvalue weighted by Crippen LogP contribution is 2.32. The number of fused-ring (bicyclic) bond motifs is 2. The standard InChI is InChI=1S/C22H25NO3S/c1-14-7-8-19-18(11-14)12-20(27-19)22(25)26-15(2)21(24)23-10-9-16-5-3-4-6-17(16)13-23/h3-6,12,14-15H,7-11,13H2,1-2H3/t14-,15+/m0/s1. The minimum atomic E-state index is -0.763. The topological polar surface area (TPSA) is 46.6 Å². The summed E-state index contributed by atoms with van der Waals surface area (Å²) in [6.07, 6.45) is 3.32. The highest BCUT2D eigenvalue weighted by molar-refractivity contribution is 7.14. The maximum atomic E-state index is 12.8. The number of carbonyl (C=O) groups is 2. The number of ether oxygens (including phenoxy) is 1. The number of carbonyl (C=O) groups excluding carboxylic acids is 2. The van der Waals surface area contributed by atoms with Gasteiger partial charge in [-0.2, -0.15) is 0 Å². The lowest BCUT2D eigenvalue weighted by Gasteiger charge is -2.30. The third-order valence-corrected chi connectivity index (χ3v) is 6.82. The molecule has 0 saturated heterocycles. The molecule has 0 fully saturated rings. The van der Waals surface area contributed by atoms with Crippen molar-refractivity contribution < 1.29 is 14.3 Å². The zero-order valence-corrected chi connectivity index (χ0v) is 16.7. The van der Waals surface area contributed by atoms with Gasteiger partial charge in [-0.15, -0.1) is 11.3 Å². The van der Waals surface area contributed by atoms with Crippen LogP contribution >= 0.6 is 11.3 Å². The van der Waals surface area contributed by atoms with Crippen molar-refractivity contribution in [2.45, 2.75) is 52.2 Å². The van der Waals surface area contributed by atoms with Crippen molar-refractivity contribution in [1.29, 1.82) is 0 Å². The van der Waals surface area contributed by atoms with Crippen molar-refractivity contribution in [3.8, 4) is 0 Å². The van der Waals surface area contributed by atoms with Gasteiger partial charge < -0.3 is 9.64 Å². The Morgan fingerprint density at radius 2 is 1.96 bits per heavy atom. The van der Waals surface area contributed by atoms with Gasteiger partial charge in [0.1, 0.15) is 4.88 Å². The molecule has 2 heterocycles. The van der Waals surface area contributed by atoms with Crippen molar-refractivity contribution in [3.05, 3.63) is 56.8 Å². The van der Waals surface area contributed by atoms with Crippen LogP contribution in [0.25, 0.3) is 0 Å². The minimum Gasteiger partial charge on any atom is -0.448 e. The van der Waals surface area contributed by atoms with Crippen LogP contribution in [0.1, 0.15) is 51.5 Å². The maximum absolute atomic E-state index is 12.8. The van der Waals surface area contributed by atoms with E-state index in [0.717, 1.165) is 19.3 Å². The van der Waals surface area contributed by atoms with Crippen LogP contribution in [-0.2, 0) is 35.3 Å². The van der Waals surface area contributed by atoms with Crippen LogP contribution in [-0.4, -0.2) is 29.4 Å². The van der Waals surface area contributed by atoms with E-state index in [0.29, 0.717) is 23.9 Å². The molecule has 1 aromatic carbocycles. The molecule has 0 spiro atoms. The number of esters is 1. The predicted octanol–water partition coefficient (Wildman–Crippen LogP) is 4.00. The van der Waals surface area contributed by atoms with Gasteiger partial charge in [0.15, 0.2) is 6.10 Å². The Labute approximate surface area is 164 Å². The molecule has 1 aliphatic carbocycles. The molecule has 1 amide bonds. The zero-order chi connectivity index (χ0) is 19.0. The molecule has 142 valence electrons. The average Bonchev–Trinajstić information content (AvgIpc) is 3.10. The molecule has 0 saturated carbocycles. The number of nitrogens with zero attached hydrogens (tertiary/aromatic N) is 1. The molecule has 0 radical (unpaired) electrons. The third-order valence-electron chi connectivity index (χ3n) is 5.60. The fourth-order valence-corrected chi connectivity index (χ4v) is 5.11. The van der Waals surface area contributed by atoms with Crippen LogP contribution in [0, 0.1) is 5.92 Å². The number of hydrogen-bond acceptors (Lipinski definition) is 4. The normalized spacial score (nSPS) is 19.8. The largest absolute Gasteiger partial charge is 0.448 e. The zero-order valence-electron chi connectivity index (χ0n) is 15.9. The van der Waals surface area contributed by atoms with Crippen LogP contribution in [0.3, 0.4) is 0 Å². The highest BCUT2D eigenvalue weighted by atomic mass is 32.1. The molecule has 27 heavy (non-hydrogen) atoms. The molecule has 2 aromatic rings. The Hall–Kier alpha value is -2.14. The van der Waals surface area contributed by atoms with Crippen LogP contribution in [0.15, 0.2) is 30.3 Å². The van der Waals surface area contributed by atoms with E-state index in [4.69, 9.17) is 4.74 Å². The summed E-state index contributed by atoms with van der Waals surface area (Å²) >= 11 is 1.53. The summed E-state index contributed by atoms with van der Waals surface area (Å²) in [6, 6.07) is 10.2. The van der Waals surface area contributed by atoms with Crippen LogP contribution in [0.5, 0.6) is 0 Å². The lowest BCUT2D eigenvalue weighted by molar-refractivity contribution is -0.140. The Balaban J connectivity index is 1.39. The highest BCUT2D eigenvalue weighted by Gasteiger charge is 2.28. The number of rotatable bonds is 3. The van der Waals surface area contributed by atoms with E-state index < -0.39 is 6.10 Å². The number of amides is 1. The van der Waals surface area contributed by atoms with Gasteiger partial charge >= 0.3 is 5.97 Å². The van der Waals surface area contributed by atoms with Crippen molar-refractivity contribution >= 4 is 23.2 Å². The summed E-state index contributed by atoms with van der Waals surface area (Å²) in [5.74, 6) is 0.173. The summed E-state index contributed by atoms with van der Waals surface area (Å²) < 4.78 is 5.52. The van der Waals surface area contributed by atoms with Crippen LogP contribution in [0.2, 0.25) is 0 Å². The fourth-order valence-electron chi connectivity index (χ4n) is 4.02. The Morgan fingerprint density at radius 1 is 1.19 bits per heavy atom. The number of aryl methyl sites for hydroxylation is 1. The van der Waals surface area contributed by atoms with Gasteiger partial charge in [0, 0.05) is 18.0 Å². The molecule has 4 rings (SSSR count). The van der Waals surface area contributed by atoms with E-state index in [-0.39, 0.29) is 11.9 Å². The van der Waals surface area contributed by atoms with Gasteiger partial charge in [-0.3, -0.25) is 4.79 Å².